The van der Waals surface area contributed by atoms with Gasteiger partial charge < -0.3 is 15.8 Å². The van der Waals surface area contributed by atoms with Gasteiger partial charge in [-0.2, -0.15) is 0 Å². The van der Waals surface area contributed by atoms with Crippen molar-refractivity contribution in [1.29, 1.82) is 0 Å². The largest absolute Gasteiger partial charge is 0.378 e. The number of hydrogen-bond acceptors (Lipinski definition) is 3. The quantitative estimate of drug-likeness (QED) is 0.760. The van der Waals surface area contributed by atoms with Crippen LogP contribution < -0.4 is 11.1 Å². The molecule has 0 aromatic carbocycles. The maximum atomic E-state index is 12.0. The van der Waals surface area contributed by atoms with Gasteiger partial charge in [0.1, 0.15) is 0 Å². The Morgan fingerprint density at radius 1 is 1.50 bits per heavy atom. The van der Waals surface area contributed by atoms with Gasteiger partial charge in [0.25, 0.3) is 0 Å². The summed E-state index contributed by atoms with van der Waals surface area (Å²) >= 11 is 0. The predicted molar refractivity (Wildman–Crippen MR) is 73.2 cm³/mol. The molecule has 1 amide bonds. The van der Waals surface area contributed by atoms with Crippen molar-refractivity contribution in [2.75, 3.05) is 6.61 Å². The van der Waals surface area contributed by atoms with Crippen molar-refractivity contribution >= 4 is 5.91 Å². The summed E-state index contributed by atoms with van der Waals surface area (Å²) in [6.45, 7) is 11.1. The van der Waals surface area contributed by atoms with Crippen LogP contribution in [0.15, 0.2) is 0 Å². The summed E-state index contributed by atoms with van der Waals surface area (Å²) in [4.78, 5) is 12.0. The van der Waals surface area contributed by atoms with Gasteiger partial charge in [-0.3, -0.25) is 4.79 Å². The predicted octanol–water partition coefficient (Wildman–Crippen LogP) is 1.68. The molecule has 0 heterocycles. The molecule has 2 unspecified atom stereocenters. The van der Waals surface area contributed by atoms with Gasteiger partial charge >= 0.3 is 0 Å². The topological polar surface area (TPSA) is 64.3 Å². The molecule has 1 aliphatic rings. The monoisotopic (exact) mass is 256 g/mol. The van der Waals surface area contributed by atoms with Crippen LogP contribution in [0.5, 0.6) is 0 Å². The fraction of sp³-hybridized carbons (Fsp3) is 0.929. The molecule has 0 aliphatic heterocycles. The van der Waals surface area contributed by atoms with Crippen molar-refractivity contribution in [3.05, 3.63) is 0 Å². The molecule has 1 rings (SSSR count). The summed E-state index contributed by atoms with van der Waals surface area (Å²) in [6, 6.07) is -0.216. The first-order valence-corrected chi connectivity index (χ1v) is 6.96. The van der Waals surface area contributed by atoms with Gasteiger partial charge in [0.15, 0.2) is 0 Å². The van der Waals surface area contributed by atoms with Crippen molar-refractivity contribution in [3.63, 3.8) is 0 Å². The second-order valence-electron chi connectivity index (χ2n) is 6.30. The molecule has 0 aromatic heterocycles. The van der Waals surface area contributed by atoms with Crippen LogP contribution in [0.4, 0.5) is 0 Å². The number of amides is 1. The van der Waals surface area contributed by atoms with Crippen LogP contribution in [-0.2, 0) is 9.53 Å². The van der Waals surface area contributed by atoms with Crippen molar-refractivity contribution in [2.24, 2.45) is 17.1 Å². The van der Waals surface area contributed by atoms with E-state index in [4.69, 9.17) is 10.5 Å². The second-order valence-corrected chi connectivity index (χ2v) is 6.30. The molecular formula is C14H28N2O2. The van der Waals surface area contributed by atoms with E-state index in [1.165, 1.54) is 0 Å². The number of carbonyl (C=O) groups excluding carboxylic acids is 1. The molecule has 4 nitrogen and oxygen atoms in total. The molecule has 0 saturated heterocycles. The lowest BCUT2D eigenvalue weighted by molar-refractivity contribution is -0.137. The highest BCUT2D eigenvalue weighted by Crippen LogP contribution is 2.42. The summed E-state index contributed by atoms with van der Waals surface area (Å²) < 4.78 is 5.65. The first-order chi connectivity index (χ1) is 8.28. The van der Waals surface area contributed by atoms with Crippen LogP contribution in [0.25, 0.3) is 0 Å². The molecular weight excluding hydrogens is 228 g/mol. The van der Waals surface area contributed by atoms with Gasteiger partial charge in [-0.25, -0.2) is 0 Å². The van der Waals surface area contributed by atoms with E-state index >= 15 is 0 Å². The highest BCUT2D eigenvalue weighted by molar-refractivity contribution is 5.82. The number of nitrogens with one attached hydrogen (secondary N) is 1. The van der Waals surface area contributed by atoms with E-state index in [1.807, 2.05) is 6.92 Å². The molecule has 1 saturated carbocycles. The van der Waals surface area contributed by atoms with E-state index in [0.29, 0.717) is 5.92 Å². The fourth-order valence-corrected chi connectivity index (χ4v) is 2.51. The average Bonchev–Trinajstić information content (AvgIpc) is 2.26. The zero-order valence-electron chi connectivity index (χ0n) is 12.3. The lowest BCUT2D eigenvalue weighted by atomic mass is 9.64. The van der Waals surface area contributed by atoms with E-state index < -0.39 is 6.04 Å². The van der Waals surface area contributed by atoms with Gasteiger partial charge in [0.05, 0.1) is 12.1 Å². The maximum absolute atomic E-state index is 12.0. The first-order valence-electron chi connectivity index (χ1n) is 6.96. The molecule has 1 aliphatic carbocycles. The molecule has 0 spiro atoms. The van der Waals surface area contributed by atoms with E-state index in [-0.39, 0.29) is 23.5 Å². The highest BCUT2D eigenvalue weighted by Gasteiger charge is 2.49. The lowest BCUT2D eigenvalue weighted by Gasteiger charge is -2.51. The Morgan fingerprint density at radius 2 is 2.11 bits per heavy atom. The first kappa shape index (κ1) is 15.4. The molecule has 4 heteroatoms. The summed E-state index contributed by atoms with van der Waals surface area (Å²) in [5.41, 5.74) is 5.89. The van der Waals surface area contributed by atoms with Crippen LogP contribution in [0, 0.1) is 11.3 Å². The standard InChI is InChI=1S/C14H28N2O2/c1-6-18-12-8-11(14(12,4)5)16-13(17)10(15)7-9(2)3/h9-12H,6-8,15H2,1-5H3,(H,16,17)/t10-,11?,12?/m1/s1. The third-order valence-corrected chi connectivity index (χ3v) is 3.92. The lowest BCUT2D eigenvalue weighted by Crippen LogP contribution is -2.63. The van der Waals surface area contributed by atoms with E-state index in [9.17, 15) is 4.79 Å². The number of ether oxygens (including phenoxy) is 1. The highest BCUT2D eigenvalue weighted by atomic mass is 16.5. The van der Waals surface area contributed by atoms with Gasteiger partial charge in [-0.05, 0) is 25.7 Å². The van der Waals surface area contributed by atoms with E-state index in [1.54, 1.807) is 0 Å². The van der Waals surface area contributed by atoms with Crippen LogP contribution in [-0.4, -0.2) is 30.7 Å². The Bertz CT molecular complexity index is 290. The minimum Gasteiger partial charge on any atom is -0.378 e. The Balaban J connectivity index is 2.43. The number of carbonyl (C=O) groups is 1. The van der Waals surface area contributed by atoms with Gasteiger partial charge in [0.2, 0.25) is 5.91 Å². The zero-order chi connectivity index (χ0) is 13.9. The normalized spacial score (nSPS) is 27.7. The molecule has 0 bridgehead atoms. The molecule has 106 valence electrons. The fourth-order valence-electron chi connectivity index (χ4n) is 2.51. The van der Waals surface area contributed by atoms with Gasteiger partial charge in [-0.1, -0.05) is 27.7 Å². The summed E-state index contributed by atoms with van der Waals surface area (Å²) in [6.07, 6.45) is 1.86. The summed E-state index contributed by atoms with van der Waals surface area (Å²) in [7, 11) is 0. The minimum atomic E-state index is -0.396. The van der Waals surface area contributed by atoms with E-state index in [2.05, 4.69) is 33.0 Å². The summed E-state index contributed by atoms with van der Waals surface area (Å²) in [5, 5.41) is 3.06. The van der Waals surface area contributed by atoms with Crippen molar-refractivity contribution in [3.8, 4) is 0 Å². The molecule has 0 aromatic rings. The third kappa shape index (κ3) is 3.45. The smallest absolute Gasteiger partial charge is 0.237 e. The Labute approximate surface area is 111 Å². The molecule has 18 heavy (non-hydrogen) atoms. The van der Waals surface area contributed by atoms with Crippen molar-refractivity contribution < 1.29 is 9.53 Å². The second kappa shape index (κ2) is 6.02. The Hall–Kier alpha value is -0.610. The molecule has 1 fully saturated rings. The van der Waals surface area contributed by atoms with Crippen molar-refractivity contribution in [1.82, 2.24) is 5.32 Å². The van der Waals surface area contributed by atoms with Gasteiger partial charge in [0, 0.05) is 18.1 Å². The number of nitrogens with two attached hydrogens (primary N) is 1. The van der Waals surface area contributed by atoms with E-state index in [0.717, 1.165) is 19.4 Å². The summed E-state index contributed by atoms with van der Waals surface area (Å²) in [5.74, 6) is 0.410. The number of rotatable bonds is 6. The number of hydrogen-bond donors (Lipinski definition) is 2. The zero-order valence-corrected chi connectivity index (χ0v) is 12.3. The van der Waals surface area contributed by atoms with Crippen LogP contribution in [0.2, 0.25) is 0 Å². The maximum Gasteiger partial charge on any atom is 0.237 e. The van der Waals surface area contributed by atoms with Gasteiger partial charge in [-0.15, -0.1) is 0 Å². The van der Waals surface area contributed by atoms with Crippen molar-refractivity contribution in [2.45, 2.75) is 65.6 Å². The SMILES string of the molecule is CCOC1CC(NC(=O)[C@H](N)CC(C)C)C1(C)C. The Morgan fingerprint density at radius 3 is 2.56 bits per heavy atom. The molecule has 0 radical (unpaired) electrons. The minimum absolute atomic E-state index is 0.00320. The Kier molecular flexibility index (Phi) is 5.17. The third-order valence-electron chi connectivity index (χ3n) is 3.92. The average molecular weight is 256 g/mol. The molecule has 3 atom stereocenters. The van der Waals surface area contributed by atoms with Crippen LogP contribution in [0.3, 0.4) is 0 Å². The van der Waals surface area contributed by atoms with Crippen LogP contribution in [0.1, 0.15) is 47.5 Å². The van der Waals surface area contributed by atoms with Crippen LogP contribution >= 0.6 is 0 Å². The molecule has 3 N–H and O–H groups in total.